The minimum absolute atomic E-state index is 0.190. The zero-order valence-corrected chi connectivity index (χ0v) is 9.28. The molecule has 0 aromatic carbocycles. The van der Waals surface area contributed by atoms with Crippen molar-refractivity contribution in [1.29, 1.82) is 0 Å². The third-order valence-electron chi connectivity index (χ3n) is 1.80. The number of aryl methyl sites for hydroxylation is 1. The van der Waals surface area contributed by atoms with E-state index in [0.717, 1.165) is 5.01 Å². The van der Waals surface area contributed by atoms with Gasteiger partial charge in [0, 0.05) is 6.20 Å². The number of hydrogen-bond donors (Lipinski definition) is 2. The van der Waals surface area contributed by atoms with Crippen LogP contribution in [0.1, 0.15) is 15.5 Å². The lowest BCUT2D eigenvalue weighted by atomic mass is 10.3. The van der Waals surface area contributed by atoms with Crippen LogP contribution in [0.4, 0.5) is 10.8 Å². The van der Waals surface area contributed by atoms with Crippen molar-refractivity contribution in [1.82, 2.24) is 15.2 Å². The minimum atomic E-state index is -0.380. The Bertz CT molecular complexity index is 524. The Labute approximate surface area is 95.5 Å². The molecule has 0 aliphatic carbocycles. The van der Waals surface area contributed by atoms with Crippen LogP contribution in [0, 0.1) is 6.92 Å². The fraction of sp³-hybridized carbons (Fsp3) is 0.111. The molecule has 2 aromatic rings. The van der Waals surface area contributed by atoms with Gasteiger partial charge >= 0.3 is 0 Å². The fourth-order valence-electron chi connectivity index (χ4n) is 1.11. The first-order chi connectivity index (χ1) is 7.66. The van der Waals surface area contributed by atoms with Gasteiger partial charge in [-0.3, -0.25) is 10.1 Å². The van der Waals surface area contributed by atoms with Crippen molar-refractivity contribution in [3.8, 4) is 0 Å². The van der Waals surface area contributed by atoms with Gasteiger partial charge in [0.1, 0.15) is 5.01 Å². The van der Waals surface area contributed by atoms with Gasteiger partial charge in [-0.25, -0.2) is 4.98 Å². The maximum absolute atomic E-state index is 11.7. The second kappa shape index (κ2) is 4.23. The minimum Gasteiger partial charge on any atom is -0.397 e. The molecule has 0 saturated carbocycles. The summed E-state index contributed by atoms with van der Waals surface area (Å²) < 4.78 is 0. The average Bonchev–Trinajstić information content (AvgIpc) is 2.64. The van der Waals surface area contributed by atoms with Gasteiger partial charge < -0.3 is 5.73 Å². The van der Waals surface area contributed by atoms with E-state index in [0.29, 0.717) is 10.8 Å². The van der Waals surface area contributed by atoms with E-state index < -0.39 is 0 Å². The second-order valence-electron chi connectivity index (χ2n) is 3.02. The molecule has 2 rings (SSSR count). The number of carbonyl (C=O) groups is 1. The van der Waals surface area contributed by atoms with Crippen molar-refractivity contribution in [3.05, 3.63) is 29.0 Å². The van der Waals surface area contributed by atoms with Crippen molar-refractivity contribution in [2.45, 2.75) is 6.92 Å². The maximum atomic E-state index is 11.7. The summed E-state index contributed by atoms with van der Waals surface area (Å²) in [6.07, 6.45) is 1.51. The normalized spacial score (nSPS) is 10.1. The third kappa shape index (κ3) is 2.14. The summed E-state index contributed by atoms with van der Waals surface area (Å²) in [6.45, 7) is 1.81. The highest BCUT2D eigenvalue weighted by Gasteiger charge is 2.12. The van der Waals surface area contributed by atoms with E-state index in [-0.39, 0.29) is 11.6 Å². The molecule has 0 unspecified atom stereocenters. The van der Waals surface area contributed by atoms with Crippen LogP contribution in [0.25, 0.3) is 0 Å². The first-order valence-electron chi connectivity index (χ1n) is 4.49. The molecule has 0 atom stereocenters. The molecule has 0 radical (unpaired) electrons. The molecule has 3 N–H and O–H groups in total. The summed E-state index contributed by atoms with van der Waals surface area (Å²) in [5.74, 6) is -0.380. The average molecular weight is 235 g/mol. The van der Waals surface area contributed by atoms with Crippen LogP contribution in [0.3, 0.4) is 0 Å². The standard InChI is InChI=1S/C9H9N5OS/c1-5-13-14-9(16-5)12-8(15)7-6(10)3-2-4-11-7/h2-4H,10H2,1H3,(H,12,14,15). The van der Waals surface area contributed by atoms with Crippen LogP contribution < -0.4 is 11.1 Å². The molecule has 0 bridgehead atoms. The first-order valence-corrected chi connectivity index (χ1v) is 5.30. The fourth-order valence-corrected chi connectivity index (χ4v) is 1.70. The van der Waals surface area contributed by atoms with Crippen molar-refractivity contribution in [3.63, 3.8) is 0 Å². The highest BCUT2D eigenvalue weighted by atomic mass is 32.1. The van der Waals surface area contributed by atoms with Gasteiger partial charge in [-0.05, 0) is 19.1 Å². The monoisotopic (exact) mass is 235 g/mol. The molecular weight excluding hydrogens is 226 g/mol. The van der Waals surface area contributed by atoms with E-state index in [1.54, 1.807) is 12.1 Å². The number of amides is 1. The van der Waals surface area contributed by atoms with Gasteiger partial charge in [-0.1, -0.05) is 11.3 Å². The Balaban J connectivity index is 2.18. The Morgan fingerprint density at radius 2 is 2.31 bits per heavy atom. The van der Waals surface area contributed by atoms with E-state index in [4.69, 9.17) is 5.73 Å². The molecule has 0 fully saturated rings. The molecule has 7 heteroatoms. The summed E-state index contributed by atoms with van der Waals surface area (Å²) in [7, 11) is 0. The van der Waals surface area contributed by atoms with Gasteiger partial charge in [0.15, 0.2) is 5.69 Å². The van der Waals surface area contributed by atoms with E-state index >= 15 is 0 Å². The molecule has 0 aliphatic heterocycles. The highest BCUT2D eigenvalue weighted by molar-refractivity contribution is 7.15. The largest absolute Gasteiger partial charge is 0.397 e. The van der Waals surface area contributed by atoms with Gasteiger partial charge in [0.2, 0.25) is 5.13 Å². The maximum Gasteiger partial charge on any atom is 0.278 e. The topological polar surface area (TPSA) is 93.8 Å². The van der Waals surface area contributed by atoms with Crippen LogP contribution in [0.5, 0.6) is 0 Å². The number of nitrogen functional groups attached to an aromatic ring is 1. The molecule has 0 aliphatic rings. The van der Waals surface area contributed by atoms with Gasteiger partial charge in [-0.15, -0.1) is 10.2 Å². The quantitative estimate of drug-likeness (QED) is 0.812. The van der Waals surface area contributed by atoms with Gasteiger partial charge in [0.25, 0.3) is 5.91 Å². The summed E-state index contributed by atoms with van der Waals surface area (Å²) in [6, 6.07) is 3.29. The van der Waals surface area contributed by atoms with Gasteiger partial charge in [0.05, 0.1) is 5.69 Å². The van der Waals surface area contributed by atoms with Gasteiger partial charge in [-0.2, -0.15) is 0 Å². The third-order valence-corrected chi connectivity index (χ3v) is 2.55. The number of carbonyl (C=O) groups excluding carboxylic acids is 1. The van der Waals surface area contributed by atoms with E-state index in [9.17, 15) is 4.79 Å². The predicted molar refractivity (Wildman–Crippen MR) is 61.2 cm³/mol. The Morgan fingerprint density at radius 3 is 2.94 bits per heavy atom. The van der Waals surface area contributed by atoms with Crippen LogP contribution in [-0.4, -0.2) is 21.1 Å². The molecule has 6 nitrogen and oxygen atoms in total. The lowest BCUT2D eigenvalue weighted by molar-refractivity contribution is 0.102. The van der Waals surface area contributed by atoms with E-state index in [1.807, 2.05) is 6.92 Å². The zero-order valence-electron chi connectivity index (χ0n) is 8.47. The number of nitrogens with zero attached hydrogens (tertiary/aromatic N) is 3. The number of aromatic nitrogens is 3. The summed E-state index contributed by atoms with van der Waals surface area (Å²) >= 11 is 1.29. The van der Waals surface area contributed by atoms with Crippen LogP contribution >= 0.6 is 11.3 Å². The van der Waals surface area contributed by atoms with E-state index in [2.05, 4.69) is 20.5 Å². The molecule has 2 heterocycles. The smallest absolute Gasteiger partial charge is 0.278 e. The Morgan fingerprint density at radius 1 is 1.50 bits per heavy atom. The number of pyridine rings is 1. The number of nitrogens with two attached hydrogens (primary N) is 1. The van der Waals surface area contributed by atoms with Crippen LogP contribution in [-0.2, 0) is 0 Å². The molecule has 2 aromatic heterocycles. The molecule has 0 saturated heterocycles. The molecule has 1 amide bonds. The SMILES string of the molecule is Cc1nnc(NC(=O)c2ncccc2N)s1. The molecule has 16 heavy (non-hydrogen) atoms. The number of rotatable bonds is 2. The second-order valence-corrected chi connectivity index (χ2v) is 4.20. The molecular formula is C9H9N5OS. The number of anilines is 2. The van der Waals surface area contributed by atoms with Crippen molar-refractivity contribution in [2.24, 2.45) is 0 Å². The lowest BCUT2D eigenvalue weighted by Crippen LogP contribution is -2.15. The molecule has 82 valence electrons. The van der Waals surface area contributed by atoms with Crippen LogP contribution in [0.2, 0.25) is 0 Å². The van der Waals surface area contributed by atoms with Crippen molar-refractivity contribution < 1.29 is 4.79 Å². The summed E-state index contributed by atoms with van der Waals surface area (Å²) in [5, 5.41) is 11.4. The predicted octanol–water partition coefficient (Wildman–Crippen LogP) is 1.08. The lowest BCUT2D eigenvalue weighted by Gasteiger charge is -2.02. The summed E-state index contributed by atoms with van der Waals surface area (Å²) in [4.78, 5) is 15.6. The Hall–Kier alpha value is -2.02. The van der Waals surface area contributed by atoms with E-state index in [1.165, 1.54) is 17.5 Å². The number of nitrogens with one attached hydrogen (secondary N) is 1. The number of hydrogen-bond acceptors (Lipinski definition) is 6. The highest BCUT2D eigenvalue weighted by Crippen LogP contribution is 2.15. The van der Waals surface area contributed by atoms with Crippen molar-refractivity contribution in [2.75, 3.05) is 11.1 Å². The Kier molecular flexibility index (Phi) is 2.78. The van der Waals surface area contributed by atoms with Crippen LogP contribution in [0.15, 0.2) is 18.3 Å². The zero-order chi connectivity index (χ0) is 11.5. The van der Waals surface area contributed by atoms with Crippen molar-refractivity contribution >= 4 is 28.1 Å². The summed E-state index contributed by atoms with van der Waals surface area (Å²) in [5.41, 5.74) is 6.15. The molecule has 0 spiro atoms. The first kappa shape index (κ1) is 10.5.